The Balaban J connectivity index is 1.79. The van der Waals surface area contributed by atoms with Crippen LogP contribution in [0.5, 0.6) is 0 Å². The standard InChI is InChI=1S/C24H32O4/c1-16(2)21-19(27-20(25)13-12-18-10-6-5-7-11-18)15-17(3)9-8-14-24(4)23(28-24)22(21)26/h5-7,9-13,16,19,21-23,26H,8,14-15H2,1-4H3/b13-12+,17-9?/t19-,21-,22-,23-,24+/m1/s1. The fraction of sp³-hybridized carbons (Fsp3) is 0.542. The molecule has 5 atom stereocenters. The van der Waals surface area contributed by atoms with Crippen molar-refractivity contribution in [2.45, 2.75) is 70.9 Å². The van der Waals surface area contributed by atoms with Crippen LogP contribution in [0.3, 0.4) is 0 Å². The lowest BCUT2D eigenvalue weighted by molar-refractivity contribution is -0.150. The molecular weight excluding hydrogens is 352 g/mol. The van der Waals surface area contributed by atoms with E-state index >= 15 is 0 Å². The number of ether oxygens (including phenoxy) is 2. The number of esters is 1. The Labute approximate surface area is 168 Å². The van der Waals surface area contributed by atoms with Crippen molar-refractivity contribution < 1.29 is 19.4 Å². The highest BCUT2D eigenvalue weighted by Crippen LogP contribution is 2.47. The maximum absolute atomic E-state index is 12.5. The zero-order valence-corrected chi connectivity index (χ0v) is 17.3. The summed E-state index contributed by atoms with van der Waals surface area (Å²) in [7, 11) is 0. The summed E-state index contributed by atoms with van der Waals surface area (Å²) in [5.41, 5.74) is 1.86. The molecule has 2 aliphatic rings. The van der Waals surface area contributed by atoms with E-state index in [9.17, 15) is 9.90 Å². The fourth-order valence-corrected chi connectivity index (χ4v) is 4.31. The lowest BCUT2D eigenvalue weighted by Crippen LogP contribution is -2.43. The lowest BCUT2D eigenvalue weighted by atomic mass is 9.78. The molecule has 0 saturated carbocycles. The van der Waals surface area contributed by atoms with Gasteiger partial charge in [0.2, 0.25) is 0 Å². The quantitative estimate of drug-likeness (QED) is 0.359. The van der Waals surface area contributed by atoms with Gasteiger partial charge in [-0.2, -0.15) is 0 Å². The summed E-state index contributed by atoms with van der Waals surface area (Å²) in [6.07, 6.45) is 6.66. The predicted octanol–water partition coefficient (Wildman–Crippen LogP) is 4.53. The average Bonchev–Trinajstić information content (AvgIpc) is 3.31. The van der Waals surface area contributed by atoms with Crippen molar-refractivity contribution in [2.75, 3.05) is 0 Å². The molecule has 1 fully saturated rings. The van der Waals surface area contributed by atoms with Gasteiger partial charge in [-0.15, -0.1) is 0 Å². The number of allylic oxidation sites excluding steroid dienone is 1. The highest BCUT2D eigenvalue weighted by molar-refractivity contribution is 5.87. The minimum absolute atomic E-state index is 0.159. The number of carbonyl (C=O) groups excluding carboxylic acids is 1. The first-order chi connectivity index (χ1) is 13.3. The van der Waals surface area contributed by atoms with Gasteiger partial charge in [0.15, 0.2) is 0 Å². The summed E-state index contributed by atoms with van der Waals surface area (Å²) in [4.78, 5) is 12.5. The zero-order valence-electron chi connectivity index (χ0n) is 17.3. The van der Waals surface area contributed by atoms with Gasteiger partial charge in [-0.1, -0.05) is 55.8 Å². The zero-order chi connectivity index (χ0) is 20.3. The number of fused-ring (bicyclic) bond motifs is 1. The molecular formula is C24H32O4. The van der Waals surface area contributed by atoms with Crippen LogP contribution in [0.4, 0.5) is 0 Å². The predicted molar refractivity (Wildman–Crippen MR) is 111 cm³/mol. The normalized spacial score (nSPS) is 33.3. The summed E-state index contributed by atoms with van der Waals surface area (Å²) in [6, 6.07) is 9.67. The molecule has 1 aliphatic carbocycles. The SMILES string of the molecule is CC1=CCC[C@]2(C)O[C@@H]2[C@H](O)[C@H](C(C)C)[C@H](OC(=O)/C=C/c2ccccc2)C1. The van der Waals surface area contributed by atoms with E-state index in [4.69, 9.17) is 9.47 Å². The molecule has 0 radical (unpaired) electrons. The Morgan fingerprint density at radius 2 is 2.04 bits per heavy atom. The van der Waals surface area contributed by atoms with E-state index in [1.54, 1.807) is 6.08 Å². The summed E-state index contributed by atoms with van der Waals surface area (Å²) >= 11 is 0. The van der Waals surface area contributed by atoms with Gasteiger partial charge < -0.3 is 14.6 Å². The van der Waals surface area contributed by atoms with Crippen molar-refractivity contribution in [1.29, 1.82) is 0 Å². The van der Waals surface area contributed by atoms with Crippen molar-refractivity contribution in [1.82, 2.24) is 0 Å². The third kappa shape index (κ3) is 4.92. The van der Waals surface area contributed by atoms with Crippen LogP contribution in [0, 0.1) is 11.8 Å². The van der Waals surface area contributed by atoms with Gasteiger partial charge in [-0.05, 0) is 44.2 Å². The van der Waals surface area contributed by atoms with Crippen molar-refractivity contribution in [3.63, 3.8) is 0 Å². The summed E-state index contributed by atoms with van der Waals surface area (Å²) < 4.78 is 11.8. The summed E-state index contributed by atoms with van der Waals surface area (Å²) in [5.74, 6) is -0.398. The topological polar surface area (TPSA) is 59.1 Å². The Morgan fingerprint density at radius 3 is 2.71 bits per heavy atom. The third-order valence-electron chi connectivity index (χ3n) is 5.98. The van der Waals surface area contributed by atoms with Crippen LogP contribution in [0.15, 0.2) is 48.1 Å². The minimum Gasteiger partial charge on any atom is -0.458 e. The van der Waals surface area contributed by atoms with Crippen LogP contribution >= 0.6 is 0 Å². The largest absolute Gasteiger partial charge is 0.458 e. The van der Waals surface area contributed by atoms with Gasteiger partial charge in [-0.25, -0.2) is 4.79 Å². The maximum atomic E-state index is 12.5. The first-order valence-corrected chi connectivity index (χ1v) is 10.3. The second-order valence-electron chi connectivity index (χ2n) is 8.68. The first kappa shape index (κ1) is 20.8. The number of epoxide rings is 1. The smallest absolute Gasteiger partial charge is 0.331 e. The van der Waals surface area contributed by atoms with Gasteiger partial charge in [-0.3, -0.25) is 0 Å². The van der Waals surface area contributed by atoms with Gasteiger partial charge in [0.1, 0.15) is 12.2 Å². The molecule has 1 N–H and O–H groups in total. The second-order valence-corrected chi connectivity index (χ2v) is 8.68. The Kier molecular flexibility index (Phi) is 6.41. The van der Waals surface area contributed by atoms with Crippen LogP contribution in [0.1, 0.15) is 52.5 Å². The molecule has 28 heavy (non-hydrogen) atoms. The molecule has 0 spiro atoms. The van der Waals surface area contributed by atoms with Crippen molar-refractivity contribution in [2.24, 2.45) is 11.8 Å². The average molecular weight is 385 g/mol. The van der Waals surface area contributed by atoms with E-state index in [1.807, 2.05) is 30.3 Å². The van der Waals surface area contributed by atoms with Gasteiger partial charge >= 0.3 is 5.97 Å². The molecule has 1 saturated heterocycles. The van der Waals surface area contributed by atoms with E-state index in [2.05, 4.69) is 33.8 Å². The molecule has 4 nitrogen and oxygen atoms in total. The van der Waals surface area contributed by atoms with E-state index in [0.717, 1.165) is 18.4 Å². The number of hydrogen-bond acceptors (Lipinski definition) is 4. The second kappa shape index (κ2) is 8.62. The number of benzene rings is 1. The van der Waals surface area contributed by atoms with Crippen molar-refractivity contribution in [3.05, 3.63) is 53.6 Å². The maximum Gasteiger partial charge on any atom is 0.331 e. The summed E-state index contributed by atoms with van der Waals surface area (Å²) in [5, 5.41) is 11.1. The molecule has 4 heteroatoms. The minimum atomic E-state index is -0.646. The van der Waals surface area contributed by atoms with Crippen LogP contribution in [0.2, 0.25) is 0 Å². The van der Waals surface area contributed by atoms with E-state index < -0.39 is 6.10 Å². The fourth-order valence-electron chi connectivity index (χ4n) is 4.31. The molecule has 0 bridgehead atoms. The highest BCUT2D eigenvalue weighted by Gasteiger charge is 2.58. The van der Waals surface area contributed by atoms with Crippen LogP contribution in [-0.2, 0) is 14.3 Å². The van der Waals surface area contributed by atoms with Gasteiger partial charge in [0.25, 0.3) is 0 Å². The Morgan fingerprint density at radius 1 is 1.32 bits per heavy atom. The van der Waals surface area contributed by atoms with Crippen molar-refractivity contribution in [3.8, 4) is 0 Å². The number of rotatable bonds is 4. The first-order valence-electron chi connectivity index (χ1n) is 10.3. The monoisotopic (exact) mass is 384 g/mol. The van der Waals surface area contributed by atoms with E-state index in [0.29, 0.717) is 6.42 Å². The number of aliphatic hydroxyl groups is 1. The van der Waals surface area contributed by atoms with E-state index in [1.165, 1.54) is 11.6 Å². The molecule has 3 rings (SSSR count). The molecule has 0 aromatic heterocycles. The molecule has 152 valence electrons. The highest BCUT2D eigenvalue weighted by atomic mass is 16.6. The number of carbonyl (C=O) groups is 1. The van der Waals surface area contributed by atoms with Crippen LogP contribution in [-0.4, -0.2) is 35.0 Å². The third-order valence-corrected chi connectivity index (χ3v) is 5.98. The van der Waals surface area contributed by atoms with Gasteiger partial charge in [0.05, 0.1) is 11.7 Å². The molecule has 0 amide bonds. The number of hydrogen-bond donors (Lipinski definition) is 1. The van der Waals surface area contributed by atoms with Crippen LogP contribution in [0.25, 0.3) is 6.08 Å². The molecule has 1 aliphatic heterocycles. The number of aliphatic hydroxyl groups excluding tert-OH is 1. The van der Waals surface area contributed by atoms with Gasteiger partial charge in [0, 0.05) is 18.4 Å². The Hall–Kier alpha value is -1.91. The molecule has 1 aromatic rings. The molecule has 1 heterocycles. The Bertz CT molecular complexity index is 736. The van der Waals surface area contributed by atoms with E-state index in [-0.39, 0.29) is 35.6 Å². The lowest BCUT2D eigenvalue weighted by Gasteiger charge is -2.34. The summed E-state index contributed by atoms with van der Waals surface area (Å²) in [6.45, 7) is 8.27. The molecule has 0 unspecified atom stereocenters. The van der Waals surface area contributed by atoms with Crippen LogP contribution < -0.4 is 0 Å². The molecule has 1 aromatic carbocycles. The van der Waals surface area contributed by atoms with Crippen molar-refractivity contribution >= 4 is 12.0 Å².